The number of benzene rings is 1. The van der Waals surface area contributed by atoms with Crippen molar-refractivity contribution in [3.63, 3.8) is 0 Å². The summed E-state index contributed by atoms with van der Waals surface area (Å²) in [5.74, 6) is 0.180. The zero-order chi connectivity index (χ0) is 13.7. The maximum Gasteiger partial charge on any atom is 0.220 e. The van der Waals surface area contributed by atoms with Crippen LogP contribution in [0.2, 0.25) is 5.02 Å². The molecule has 1 aliphatic rings. The summed E-state index contributed by atoms with van der Waals surface area (Å²) in [6.45, 7) is 2.95. The summed E-state index contributed by atoms with van der Waals surface area (Å²) in [4.78, 5) is 11.5. The average Bonchev–Trinajstić information content (AvgIpc) is 3.18. The van der Waals surface area contributed by atoms with Crippen LogP contribution < -0.4 is 10.6 Å². The largest absolute Gasteiger partial charge is 0.353 e. The standard InChI is InChI=1S/C15H21ClN2O/c1-11(12-4-2-5-13(16)10-12)17-9-3-6-15(19)18-14-7-8-14/h2,4-5,10-11,14,17H,3,6-9H2,1H3,(H,18,19). The minimum atomic E-state index is 0.180. The molecule has 0 radical (unpaired) electrons. The van der Waals surface area contributed by atoms with E-state index in [2.05, 4.69) is 23.6 Å². The Balaban J connectivity index is 1.63. The summed E-state index contributed by atoms with van der Waals surface area (Å²) in [7, 11) is 0. The molecule has 19 heavy (non-hydrogen) atoms. The van der Waals surface area contributed by atoms with Gasteiger partial charge in [-0.2, -0.15) is 0 Å². The lowest BCUT2D eigenvalue weighted by molar-refractivity contribution is -0.121. The Morgan fingerprint density at radius 1 is 1.47 bits per heavy atom. The van der Waals surface area contributed by atoms with Crippen molar-refractivity contribution < 1.29 is 4.79 Å². The van der Waals surface area contributed by atoms with Crippen molar-refractivity contribution in [3.05, 3.63) is 34.9 Å². The number of halogens is 1. The van der Waals surface area contributed by atoms with Gasteiger partial charge in [-0.1, -0.05) is 23.7 Å². The molecule has 104 valence electrons. The Hall–Kier alpha value is -1.06. The molecule has 1 atom stereocenters. The van der Waals surface area contributed by atoms with Gasteiger partial charge >= 0.3 is 0 Å². The number of carbonyl (C=O) groups is 1. The van der Waals surface area contributed by atoms with Gasteiger partial charge in [0.2, 0.25) is 5.91 Å². The first-order chi connectivity index (χ1) is 9.15. The van der Waals surface area contributed by atoms with Crippen molar-refractivity contribution >= 4 is 17.5 Å². The molecule has 2 N–H and O–H groups in total. The molecule has 0 bridgehead atoms. The van der Waals surface area contributed by atoms with Crippen LogP contribution in [0, 0.1) is 0 Å². The van der Waals surface area contributed by atoms with Gasteiger partial charge in [-0.3, -0.25) is 4.79 Å². The van der Waals surface area contributed by atoms with Crippen LogP contribution in [0.15, 0.2) is 24.3 Å². The van der Waals surface area contributed by atoms with Crippen molar-refractivity contribution in [1.29, 1.82) is 0 Å². The van der Waals surface area contributed by atoms with Crippen LogP contribution in [0.1, 0.15) is 44.2 Å². The van der Waals surface area contributed by atoms with Gasteiger partial charge in [-0.15, -0.1) is 0 Å². The third kappa shape index (κ3) is 5.21. The molecule has 1 saturated carbocycles. The second-order valence-corrected chi connectivity index (χ2v) is 5.61. The highest BCUT2D eigenvalue weighted by Crippen LogP contribution is 2.19. The van der Waals surface area contributed by atoms with Crippen molar-refractivity contribution in [2.75, 3.05) is 6.54 Å². The molecule has 0 spiro atoms. The van der Waals surface area contributed by atoms with Crippen LogP contribution in [0.4, 0.5) is 0 Å². The lowest BCUT2D eigenvalue weighted by atomic mass is 10.1. The van der Waals surface area contributed by atoms with E-state index < -0.39 is 0 Å². The van der Waals surface area contributed by atoms with Gasteiger partial charge in [-0.25, -0.2) is 0 Å². The number of rotatable bonds is 7. The highest BCUT2D eigenvalue weighted by molar-refractivity contribution is 6.30. The van der Waals surface area contributed by atoms with E-state index in [1.54, 1.807) is 0 Å². The molecule has 2 rings (SSSR count). The van der Waals surface area contributed by atoms with Gasteiger partial charge in [0.1, 0.15) is 0 Å². The molecule has 0 aromatic heterocycles. The monoisotopic (exact) mass is 280 g/mol. The van der Waals surface area contributed by atoms with Gasteiger partial charge in [0.05, 0.1) is 0 Å². The number of nitrogens with one attached hydrogen (secondary N) is 2. The Morgan fingerprint density at radius 3 is 2.95 bits per heavy atom. The van der Waals surface area contributed by atoms with Gasteiger partial charge in [0, 0.05) is 23.5 Å². The Bertz CT molecular complexity index is 432. The van der Waals surface area contributed by atoms with Crippen LogP contribution in [0.3, 0.4) is 0 Å². The molecular weight excluding hydrogens is 260 g/mol. The van der Waals surface area contributed by atoms with E-state index in [0.717, 1.165) is 30.8 Å². The van der Waals surface area contributed by atoms with E-state index in [4.69, 9.17) is 11.6 Å². The fourth-order valence-corrected chi connectivity index (χ4v) is 2.19. The summed E-state index contributed by atoms with van der Waals surface area (Å²) in [5.41, 5.74) is 1.18. The predicted octanol–water partition coefficient (Wildman–Crippen LogP) is 3.05. The topological polar surface area (TPSA) is 41.1 Å². The van der Waals surface area contributed by atoms with Crippen LogP contribution in [-0.4, -0.2) is 18.5 Å². The van der Waals surface area contributed by atoms with E-state index in [0.29, 0.717) is 12.5 Å². The molecule has 1 fully saturated rings. The van der Waals surface area contributed by atoms with Crippen molar-refractivity contribution in [1.82, 2.24) is 10.6 Å². The van der Waals surface area contributed by atoms with E-state index >= 15 is 0 Å². The number of hydrogen-bond donors (Lipinski definition) is 2. The molecule has 3 nitrogen and oxygen atoms in total. The highest BCUT2D eigenvalue weighted by Gasteiger charge is 2.22. The number of amides is 1. The molecule has 1 aromatic rings. The van der Waals surface area contributed by atoms with Gasteiger partial charge < -0.3 is 10.6 Å². The third-order valence-electron chi connectivity index (χ3n) is 3.32. The van der Waals surface area contributed by atoms with E-state index in [9.17, 15) is 4.79 Å². The molecule has 0 aliphatic heterocycles. The maximum atomic E-state index is 11.5. The predicted molar refractivity (Wildman–Crippen MR) is 78.3 cm³/mol. The molecule has 1 aliphatic carbocycles. The minimum Gasteiger partial charge on any atom is -0.353 e. The smallest absolute Gasteiger partial charge is 0.220 e. The van der Waals surface area contributed by atoms with E-state index in [1.807, 2.05) is 18.2 Å². The Kier molecular flexibility index (Phi) is 5.23. The van der Waals surface area contributed by atoms with E-state index in [-0.39, 0.29) is 11.9 Å². The molecular formula is C15H21ClN2O. The average molecular weight is 281 g/mol. The quantitative estimate of drug-likeness (QED) is 0.754. The Morgan fingerprint density at radius 2 is 2.26 bits per heavy atom. The summed E-state index contributed by atoms with van der Waals surface area (Å²) in [6, 6.07) is 8.58. The SMILES string of the molecule is CC(NCCCC(=O)NC1CC1)c1cccc(Cl)c1. The zero-order valence-corrected chi connectivity index (χ0v) is 12.0. The van der Waals surface area contributed by atoms with Gasteiger partial charge in [-0.05, 0) is 50.4 Å². The first-order valence-electron chi connectivity index (χ1n) is 6.93. The number of carbonyl (C=O) groups excluding carboxylic acids is 1. The van der Waals surface area contributed by atoms with Crippen molar-refractivity contribution in [2.24, 2.45) is 0 Å². The van der Waals surface area contributed by atoms with Gasteiger partial charge in [0.15, 0.2) is 0 Å². The zero-order valence-electron chi connectivity index (χ0n) is 11.3. The molecule has 1 aromatic carbocycles. The lowest BCUT2D eigenvalue weighted by Crippen LogP contribution is -2.27. The van der Waals surface area contributed by atoms with Crippen molar-refractivity contribution in [3.8, 4) is 0 Å². The van der Waals surface area contributed by atoms with Crippen LogP contribution in [0.25, 0.3) is 0 Å². The summed E-state index contributed by atoms with van der Waals surface area (Å²) in [5, 5.41) is 7.17. The summed E-state index contributed by atoms with van der Waals surface area (Å²) >= 11 is 5.97. The van der Waals surface area contributed by atoms with Crippen LogP contribution in [-0.2, 0) is 4.79 Å². The van der Waals surface area contributed by atoms with Crippen LogP contribution >= 0.6 is 11.6 Å². The van der Waals surface area contributed by atoms with E-state index in [1.165, 1.54) is 5.56 Å². The molecule has 0 saturated heterocycles. The number of hydrogen-bond acceptors (Lipinski definition) is 2. The fraction of sp³-hybridized carbons (Fsp3) is 0.533. The summed E-state index contributed by atoms with van der Waals surface area (Å²) < 4.78 is 0. The van der Waals surface area contributed by atoms with Crippen molar-refractivity contribution in [2.45, 2.75) is 44.7 Å². The minimum absolute atomic E-state index is 0.180. The first-order valence-corrected chi connectivity index (χ1v) is 7.31. The van der Waals surface area contributed by atoms with Crippen LogP contribution in [0.5, 0.6) is 0 Å². The van der Waals surface area contributed by atoms with Gasteiger partial charge in [0.25, 0.3) is 0 Å². The highest BCUT2D eigenvalue weighted by atomic mass is 35.5. The molecule has 1 amide bonds. The third-order valence-corrected chi connectivity index (χ3v) is 3.56. The first kappa shape index (κ1) is 14.4. The normalized spacial score (nSPS) is 16.1. The lowest BCUT2D eigenvalue weighted by Gasteiger charge is -2.14. The fourth-order valence-electron chi connectivity index (χ4n) is 1.99. The second-order valence-electron chi connectivity index (χ2n) is 5.18. The molecule has 0 heterocycles. The molecule has 1 unspecified atom stereocenters. The summed E-state index contributed by atoms with van der Waals surface area (Å²) in [6.07, 6.45) is 3.76. The second kappa shape index (κ2) is 6.92. The Labute approximate surface area is 119 Å². The maximum absolute atomic E-state index is 11.5. The molecule has 4 heteroatoms.